The van der Waals surface area contributed by atoms with Crippen molar-refractivity contribution in [3.63, 3.8) is 0 Å². The van der Waals surface area contributed by atoms with Crippen LogP contribution in [-0.4, -0.2) is 67.4 Å². The van der Waals surface area contributed by atoms with E-state index < -0.39 is 0 Å². The second-order valence-electron chi connectivity index (χ2n) is 7.12. The van der Waals surface area contributed by atoms with E-state index in [0.29, 0.717) is 19.0 Å². The Hall–Kier alpha value is -2.02. The van der Waals surface area contributed by atoms with Crippen LogP contribution in [-0.2, 0) is 9.47 Å². The number of nitrogens with zero attached hydrogens (tertiary/aromatic N) is 2. The molecule has 4 rings (SSSR count). The van der Waals surface area contributed by atoms with E-state index in [1.807, 2.05) is 0 Å². The van der Waals surface area contributed by atoms with Crippen molar-refractivity contribution in [2.24, 2.45) is 17.1 Å². The van der Waals surface area contributed by atoms with Crippen molar-refractivity contribution >= 4 is 12.2 Å². The summed E-state index contributed by atoms with van der Waals surface area (Å²) in [6.45, 7) is 2.41. The SMILES string of the molecule is COC(=O)N1CC2CC2(C2=CCC(N3C[C@H](CN)OC3=O)C=C2)C1. The molecule has 2 aliphatic heterocycles. The standard InChI is InChI=1S/C17H23N3O4/c1-23-15(21)19-8-12-6-17(12,10-19)11-2-4-13(5-3-11)20-9-14(7-18)24-16(20)22/h2-4,12-14H,5-10,18H2,1H3/t12?,13?,14-,17?/m0/s1. The van der Waals surface area contributed by atoms with E-state index in [9.17, 15) is 9.59 Å². The number of allylic oxidation sites excluding steroid dienone is 1. The molecule has 2 amide bonds. The Labute approximate surface area is 141 Å². The predicted octanol–water partition coefficient (Wildman–Crippen LogP) is 1.11. The first-order chi connectivity index (χ1) is 11.6. The minimum Gasteiger partial charge on any atom is -0.453 e. The first kappa shape index (κ1) is 15.5. The monoisotopic (exact) mass is 333 g/mol. The molecule has 7 nitrogen and oxygen atoms in total. The van der Waals surface area contributed by atoms with Crippen molar-refractivity contribution in [1.29, 1.82) is 0 Å². The molecule has 0 spiro atoms. The summed E-state index contributed by atoms with van der Waals surface area (Å²) in [5.41, 5.74) is 6.98. The molecular weight excluding hydrogens is 310 g/mol. The molecule has 3 fully saturated rings. The van der Waals surface area contributed by atoms with Crippen LogP contribution in [0.5, 0.6) is 0 Å². The molecule has 24 heavy (non-hydrogen) atoms. The van der Waals surface area contributed by atoms with E-state index in [-0.39, 0.29) is 29.7 Å². The number of cyclic esters (lactones) is 1. The molecule has 0 aromatic heterocycles. The van der Waals surface area contributed by atoms with Crippen LogP contribution in [0.15, 0.2) is 23.8 Å². The maximum atomic E-state index is 11.9. The van der Waals surface area contributed by atoms with Crippen LogP contribution in [0.4, 0.5) is 9.59 Å². The van der Waals surface area contributed by atoms with Gasteiger partial charge in [0.15, 0.2) is 0 Å². The van der Waals surface area contributed by atoms with E-state index in [1.54, 1.807) is 9.80 Å². The van der Waals surface area contributed by atoms with Crippen LogP contribution in [0, 0.1) is 11.3 Å². The Balaban J connectivity index is 1.41. The fraction of sp³-hybridized carbons (Fsp3) is 0.647. The molecule has 4 atom stereocenters. The van der Waals surface area contributed by atoms with Crippen molar-refractivity contribution in [3.8, 4) is 0 Å². The summed E-state index contributed by atoms with van der Waals surface area (Å²) in [5, 5.41) is 0. The summed E-state index contributed by atoms with van der Waals surface area (Å²) >= 11 is 0. The van der Waals surface area contributed by atoms with Gasteiger partial charge in [0.05, 0.1) is 19.7 Å². The number of piperidine rings is 1. The number of carbonyl (C=O) groups excluding carboxylic acids is 2. The Kier molecular flexibility index (Phi) is 3.56. The van der Waals surface area contributed by atoms with Gasteiger partial charge in [-0.3, -0.25) is 4.90 Å². The van der Waals surface area contributed by atoms with Crippen LogP contribution in [0.3, 0.4) is 0 Å². The summed E-state index contributed by atoms with van der Waals surface area (Å²) in [6, 6.07) is 0.0320. The lowest BCUT2D eigenvalue weighted by atomic mass is 9.88. The van der Waals surface area contributed by atoms with Crippen molar-refractivity contribution in [1.82, 2.24) is 9.80 Å². The molecule has 1 saturated carbocycles. The van der Waals surface area contributed by atoms with E-state index in [4.69, 9.17) is 15.2 Å². The molecule has 3 unspecified atom stereocenters. The van der Waals surface area contributed by atoms with E-state index in [1.165, 1.54) is 12.7 Å². The summed E-state index contributed by atoms with van der Waals surface area (Å²) < 4.78 is 10.1. The molecule has 2 saturated heterocycles. The minimum atomic E-state index is -0.280. The van der Waals surface area contributed by atoms with Gasteiger partial charge in [-0.25, -0.2) is 9.59 Å². The zero-order valence-electron chi connectivity index (χ0n) is 13.8. The number of likely N-dealkylation sites (tertiary alicyclic amines) is 1. The van der Waals surface area contributed by atoms with Gasteiger partial charge in [0.2, 0.25) is 0 Å². The third kappa shape index (κ3) is 2.30. The highest BCUT2D eigenvalue weighted by atomic mass is 16.6. The first-order valence-electron chi connectivity index (χ1n) is 8.46. The zero-order chi connectivity index (χ0) is 16.9. The van der Waals surface area contributed by atoms with E-state index in [0.717, 1.165) is 25.9 Å². The van der Waals surface area contributed by atoms with Gasteiger partial charge in [0, 0.05) is 25.0 Å². The maximum absolute atomic E-state index is 11.9. The van der Waals surface area contributed by atoms with Crippen molar-refractivity contribution < 1.29 is 19.1 Å². The Morgan fingerprint density at radius 2 is 2.33 bits per heavy atom. The Morgan fingerprint density at radius 3 is 2.96 bits per heavy atom. The molecule has 130 valence electrons. The number of rotatable bonds is 3. The average Bonchev–Trinajstić information content (AvgIpc) is 2.98. The molecule has 0 aromatic carbocycles. The molecule has 0 radical (unpaired) electrons. The molecule has 2 N–H and O–H groups in total. The smallest absolute Gasteiger partial charge is 0.410 e. The number of hydrogen-bond acceptors (Lipinski definition) is 5. The molecule has 4 aliphatic rings. The third-order valence-corrected chi connectivity index (χ3v) is 5.80. The van der Waals surface area contributed by atoms with Crippen molar-refractivity contribution in [2.45, 2.75) is 25.0 Å². The Bertz CT molecular complexity index is 631. The summed E-state index contributed by atoms with van der Waals surface area (Å²) in [5.74, 6) is 0.530. The van der Waals surface area contributed by atoms with Crippen LogP contribution in [0.25, 0.3) is 0 Å². The highest BCUT2D eigenvalue weighted by Gasteiger charge is 2.62. The lowest BCUT2D eigenvalue weighted by Gasteiger charge is -2.27. The van der Waals surface area contributed by atoms with Gasteiger partial charge in [-0.2, -0.15) is 0 Å². The Morgan fingerprint density at radius 1 is 1.50 bits per heavy atom. The molecule has 0 bridgehead atoms. The molecule has 0 aromatic rings. The molecule has 2 aliphatic carbocycles. The second-order valence-corrected chi connectivity index (χ2v) is 7.12. The van der Waals surface area contributed by atoms with Gasteiger partial charge in [0.25, 0.3) is 0 Å². The van der Waals surface area contributed by atoms with Crippen molar-refractivity contribution in [2.75, 3.05) is 33.3 Å². The number of methoxy groups -OCH3 is 1. The summed E-state index contributed by atoms with van der Waals surface area (Å²) in [6.07, 6.45) is 7.61. The summed E-state index contributed by atoms with van der Waals surface area (Å²) in [4.78, 5) is 27.2. The minimum absolute atomic E-state index is 0.0320. The number of nitrogens with two attached hydrogens (primary N) is 1. The number of carbonyl (C=O) groups is 2. The summed E-state index contributed by atoms with van der Waals surface area (Å²) in [7, 11) is 1.42. The highest BCUT2D eigenvalue weighted by Crippen LogP contribution is 2.63. The molecule has 7 heteroatoms. The predicted molar refractivity (Wildman–Crippen MR) is 86.2 cm³/mol. The largest absolute Gasteiger partial charge is 0.453 e. The first-order valence-corrected chi connectivity index (χ1v) is 8.46. The van der Waals surface area contributed by atoms with Gasteiger partial charge in [0.1, 0.15) is 6.10 Å². The number of fused-ring (bicyclic) bond motifs is 1. The highest BCUT2D eigenvalue weighted by molar-refractivity contribution is 5.71. The van der Waals surface area contributed by atoms with Gasteiger partial charge in [-0.15, -0.1) is 0 Å². The van der Waals surface area contributed by atoms with E-state index >= 15 is 0 Å². The van der Waals surface area contributed by atoms with E-state index in [2.05, 4.69) is 18.2 Å². The molecule has 2 heterocycles. The normalized spacial score (nSPS) is 37.2. The fourth-order valence-electron chi connectivity index (χ4n) is 4.34. The zero-order valence-corrected chi connectivity index (χ0v) is 13.8. The lowest BCUT2D eigenvalue weighted by Crippen LogP contribution is -2.37. The maximum Gasteiger partial charge on any atom is 0.410 e. The lowest BCUT2D eigenvalue weighted by molar-refractivity contribution is 0.126. The van der Waals surface area contributed by atoms with Crippen LogP contribution < -0.4 is 5.73 Å². The van der Waals surface area contributed by atoms with Crippen LogP contribution in [0.2, 0.25) is 0 Å². The molecular formula is C17H23N3O4. The van der Waals surface area contributed by atoms with Gasteiger partial charge >= 0.3 is 12.2 Å². The number of amides is 2. The van der Waals surface area contributed by atoms with Gasteiger partial charge in [-0.05, 0) is 24.3 Å². The second kappa shape index (κ2) is 5.51. The number of ether oxygens (including phenoxy) is 2. The number of hydrogen-bond donors (Lipinski definition) is 1. The average molecular weight is 333 g/mol. The van der Waals surface area contributed by atoms with Gasteiger partial charge in [-0.1, -0.05) is 18.2 Å². The topological polar surface area (TPSA) is 85.1 Å². The van der Waals surface area contributed by atoms with Crippen molar-refractivity contribution in [3.05, 3.63) is 23.8 Å². The van der Waals surface area contributed by atoms with Crippen LogP contribution >= 0.6 is 0 Å². The quantitative estimate of drug-likeness (QED) is 0.836. The van der Waals surface area contributed by atoms with Crippen LogP contribution in [0.1, 0.15) is 12.8 Å². The van der Waals surface area contributed by atoms with Gasteiger partial charge < -0.3 is 20.1 Å². The third-order valence-electron chi connectivity index (χ3n) is 5.80. The fourth-order valence-corrected chi connectivity index (χ4v) is 4.34.